The highest BCUT2D eigenvalue weighted by Crippen LogP contribution is 2.37. The molecule has 0 aromatic heterocycles. The van der Waals surface area contributed by atoms with Gasteiger partial charge in [0.1, 0.15) is 16.5 Å². The zero-order valence-electron chi connectivity index (χ0n) is 8.38. The molecular weight excluding hydrogens is 272 g/mol. The van der Waals surface area contributed by atoms with Crippen LogP contribution in [0.15, 0.2) is 17.0 Å². The second kappa shape index (κ2) is 4.57. The van der Waals surface area contributed by atoms with Crippen molar-refractivity contribution in [2.24, 2.45) is 0 Å². The molecule has 0 aliphatic rings. The molecule has 0 N–H and O–H groups in total. The first kappa shape index (κ1) is 13.2. The maximum Gasteiger partial charge on any atom is 0.329 e. The van der Waals surface area contributed by atoms with Gasteiger partial charge in [-0.2, -0.15) is 5.26 Å². The van der Waals surface area contributed by atoms with Gasteiger partial charge in [0.15, 0.2) is 0 Å². The smallest absolute Gasteiger partial charge is 0.329 e. The predicted octanol–water partition coefficient (Wildman–Crippen LogP) is 1.40. The Hall–Kier alpha value is -1.85. The highest BCUT2D eigenvalue weighted by Gasteiger charge is 2.29. The number of methoxy groups -OCH3 is 1. The standard InChI is InChI=1S/C8H5ClN2O5S/c1-16-8-6(17(9,14)15)3-2-5(4-10)7(8)11(12)13/h2-3H,1H3. The van der Waals surface area contributed by atoms with Gasteiger partial charge in [-0.15, -0.1) is 0 Å². The summed E-state index contributed by atoms with van der Waals surface area (Å²) in [6.07, 6.45) is 0. The summed E-state index contributed by atoms with van der Waals surface area (Å²) in [4.78, 5) is 9.33. The Morgan fingerprint density at radius 3 is 2.47 bits per heavy atom. The molecule has 0 fully saturated rings. The van der Waals surface area contributed by atoms with E-state index in [-0.39, 0.29) is 5.56 Å². The summed E-state index contributed by atoms with van der Waals surface area (Å²) in [6.45, 7) is 0. The summed E-state index contributed by atoms with van der Waals surface area (Å²) in [5.41, 5.74) is -1.03. The zero-order valence-corrected chi connectivity index (χ0v) is 9.95. The van der Waals surface area contributed by atoms with Crippen molar-refractivity contribution in [2.45, 2.75) is 4.90 Å². The summed E-state index contributed by atoms with van der Waals surface area (Å²) in [6, 6.07) is 3.55. The van der Waals surface area contributed by atoms with Crippen LogP contribution in [0.1, 0.15) is 5.56 Å². The number of ether oxygens (including phenoxy) is 1. The van der Waals surface area contributed by atoms with Gasteiger partial charge in [-0.05, 0) is 12.1 Å². The van der Waals surface area contributed by atoms with Gasteiger partial charge in [0.25, 0.3) is 9.05 Å². The Morgan fingerprint density at radius 1 is 1.53 bits per heavy atom. The number of nitrogens with zero attached hydrogens (tertiary/aromatic N) is 2. The molecular formula is C8H5ClN2O5S. The zero-order chi connectivity index (χ0) is 13.2. The van der Waals surface area contributed by atoms with Crippen LogP contribution in [0.5, 0.6) is 5.75 Å². The molecule has 0 atom stereocenters. The fraction of sp³-hybridized carbons (Fsp3) is 0.125. The molecule has 90 valence electrons. The van der Waals surface area contributed by atoms with Crippen LogP contribution in [0.4, 0.5) is 5.69 Å². The van der Waals surface area contributed by atoms with Crippen molar-refractivity contribution in [3.63, 3.8) is 0 Å². The van der Waals surface area contributed by atoms with E-state index < -0.39 is 30.3 Å². The van der Waals surface area contributed by atoms with E-state index in [1.165, 1.54) is 0 Å². The number of benzene rings is 1. The molecule has 0 aliphatic carbocycles. The summed E-state index contributed by atoms with van der Waals surface area (Å²) in [5.74, 6) is -0.552. The van der Waals surface area contributed by atoms with E-state index in [2.05, 4.69) is 4.74 Å². The van der Waals surface area contributed by atoms with Crippen molar-refractivity contribution < 1.29 is 18.1 Å². The van der Waals surface area contributed by atoms with E-state index in [4.69, 9.17) is 15.9 Å². The van der Waals surface area contributed by atoms with Crippen LogP contribution in [-0.4, -0.2) is 20.5 Å². The van der Waals surface area contributed by atoms with Crippen molar-refractivity contribution in [1.29, 1.82) is 5.26 Å². The van der Waals surface area contributed by atoms with Crippen LogP contribution in [0, 0.1) is 21.4 Å². The second-order valence-corrected chi connectivity index (χ2v) is 5.33. The lowest BCUT2D eigenvalue weighted by Gasteiger charge is -2.06. The van der Waals surface area contributed by atoms with Crippen LogP contribution in [-0.2, 0) is 9.05 Å². The molecule has 9 heteroatoms. The molecule has 1 rings (SSSR count). The minimum absolute atomic E-state index is 0.309. The predicted molar refractivity (Wildman–Crippen MR) is 57.4 cm³/mol. The van der Waals surface area contributed by atoms with E-state index in [9.17, 15) is 18.5 Å². The lowest BCUT2D eigenvalue weighted by molar-refractivity contribution is -0.386. The maximum atomic E-state index is 11.2. The van der Waals surface area contributed by atoms with Crippen molar-refractivity contribution in [3.8, 4) is 11.8 Å². The van der Waals surface area contributed by atoms with Gasteiger partial charge < -0.3 is 4.74 Å². The largest absolute Gasteiger partial charge is 0.489 e. The normalized spacial score (nSPS) is 10.6. The minimum atomic E-state index is -4.19. The average molecular weight is 277 g/mol. The number of halogens is 1. The van der Waals surface area contributed by atoms with Crippen LogP contribution in [0.3, 0.4) is 0 Å². The number of nitro benzene ring substituents is 1. The first-order valence-electron chi connectivity index (χ1n) is 4.03. The van der Waals surface area contributed by atoms with Crippen LogP contribution in [0.25, 0.3) is 0 Å². The highest BCUT2D eigenvalue weighted by atomic mass is 35.7. The molecule has 17 heavy (non-hydrogen) atoms. The van der Waals surface area contributed by atoms with Crippen LogP contribution in [0.2, 0.25) is 0 Å². The monoisotopic (exact) mass is 276 g/mol. The van der Waals surface area contributed by atoms with Crippen molar-refractivity contribution in [1.82, 2.24) is 0 Å². The highest BCUT2D eigenvalue weighted by molar-refractivity contribution is 8.13. The third-order valence-electron chi connectivity index (χ3n) is 1.87. The Morgan fingerprint density at radius 2 is 2.12 bits per heavy atom. The minimum Gasteiger partial charge on any atom is -0.489 e. The SMILES string of the molecule is COc1c(S(=O)(=O)Cl)ccc(C#N)c1[N+](=O)[O-]. The first-order valence-corrected chi connectivity index (χ1v) is 6.34. The topological polar surface area (TPSA) is 110 Å². The summed E-state index contributed by atoms with van der Waals surface area (Å²) in [5, 5.41) is 19.5. The van der Waals surface area contributed by atoms with Crippen molar-refractivity contribution >= 4 is 25.4 Å². The van der Waals surface area contributed by atoms with E-state index in [1.54, 1.807) is 6.07 Å². The number of hydrogen-bond acceptors (Lipinski definition) is 6. The Labute approximate surface area is 101 Å². The maximum absolute atomic E-state index is 11.2. The molecule has 0 unspecified atom stereocenters. The van der Waals surface area contributed by atoms with Crippen LogP contribution < -0.4 is 4.74 Å². The lowest BCUT2D eigenvalue weighted by atomic mass is 10.2. The molecule has 0 aliphatic heterocycles. The van der Waals surface area contributed by atoms with Gasteiger partial charge in [-0.1, -0.05) is 0 Å². The molecule has 0 amide bonds. The van der Waals surface area contributed by atoms with Crippen molar-refractivity contribution in [2.75, 3.05) is 7.11 Å². The van der Waals surface area contributed by atoms with Gasteiger partial charge in [0.2, 0.25) is 5.75 Å². The van der Waals surface area contributed by atoms with Crippen molar-refractivity contribution in [3.05, 3.63) is 27.8 Å². The van der Waals surface area contributed by atoms with E-state index in [0.717, 1.165) is 19.2 Å². The summed E-state index contributed by atoms with van der Waals surface area (Å²) in [7, 11) is 1.96. The fourth-order valence-electron chi connectivity index (χ4n) is 1.21. The quantitative estimate of drug-likeness (QED) is 0.469. The van der Waals surface area contributed by atoms with E-state index >= 15 is 0 Å². The van der Waals surface area contributed by atoms with Gasteiger partial charge in [-0.3, -0.25) is 10.1 Å². The first-order chi connectivity index (χ1) is 7.82. The average Bonchev–Trinajstić information content (AvgIpc) is 2.25. The lowest BCUT2D eigenvalue weighted by Crippen LogP contribution is -2.02. The second-order valence-electron chi connectivity index (χ2n) is 2.80. The molecule has 0 bridgehead atoms. The summed E-state index contributed by atoms with van der Waals surface area (Å²) < 4.78 is 27.0. The molecule has 1 aromatic carbocycles. The number of hydrogen-bond donors (Lipinski definition) is 0. The summed E-state index contributed by atoms with van der Waals surface area (Å²) >= 11 is 0. The molecule has 1 aromatic rings. The van der Waals surface area contributed by atoms with Gasteiger partial charge in [-0.25, -0.2) is 8.42 Å². The fourth-order valence-corrected chi connectivity index (χ4v) is 2.21. The molecule has 0 spiro atoms. The Bertz CT molecular complexity index is 620. The Balaban J connectivity index is 3.78. The Kier molecular flexibility index (Phi) is 3.55. The molecule has 0 saturated heterocycles. The van der Waals surface area contributed by atoms with Gasteiger partial charge >= 0.3 is 5.69 Å². The molecule has 0 saturated carbocycles. The van der Waals surface area contributed by atoms with Crippen LogP contribution >= 0.6 is 10.7 Å². The van der Waals surface area contributed by atoms with E-state index in [0.29, 0.717) is 0 Å². The van der Waals surface area contributed by atoms with Gasteiger partial charge in [0.05, 0.1) is 12.0 Å². The third-order valence-corrected chi connectivity index (χ3v) is 3.21. The number of nitro groups is 1. The molecule has 0 radical (unpaired) electrons. The van der Waals surface area contributed by atoms with E-state index in [1.807, 2.05) is 0 Å². The molecule has 7 nitrogen and oxygen atoms in total. The number of rotatable bonds is 3. The third kappa shape index (κ3) is 2.46. The molecule has 0 heterocycles. The number of nitriles is 1. The van der Waals surface area contributed by atoms with Gasteiger partial charge in [0, 0.05) is 10.7 Å².